The number of hydrogen-bond acceptors (Lipinski definition) is 4. The van der Waals surface area contributed by atoms with Gasteiger partial charge in [0.15, 0.2) is 0 Å². The van der Waals surface area contributed by atoms with Gasteiger partial charge < -0.3 is 0 Å². The first-order valence-electron chi connectivity index (χ1n) is 4.70. The monoisotopic (exact) mass is 288 g/mol. The lowest BCUT2D eigenvalue weighted by atomic mass is 10.4. The topological polar surface area (TPSA) is 59.1 Å². The van der Waals surface area contributed by atoms with Crippen LogP contribution >= 0.6 is 22.9 Å². The van der Waals surface area contributed by atoms with E-state index >= 15 is 0 Å². The summed E-state index contributed by atoms with van der Waals surface area (Å²) in [5.41, 5.74) is 2.35. The molecule has 0 fully saturated rings. The van der Waals surface area contributed by atoms with Crippen molar-refractivity contribution in [2.24, 2.45) is 0 Å². The second-order valence-corrected chi connectivity index (χ2v) is 6.18. The molecule has 0 atom stereocenters. The maximum Gasteiger partial charge on any atom is 0.240 e. The Balaban J connectivity index is 2.14. The lowest BCUT2D eigenvalue weighted by Crippen LogP contribution is -2.23. The smallest absolute Gasteiger partial charge is 0.240 e. The quantitative estimate of drug-likeness (QED) is 0.939. The molecule has 4 nitrogen and oxygen atoms in total. The van der Waals surface area contributed by atoms with Crippen molar-refractivity contribution in [2.45, 2.75) is 11.4 Å². The molecule has 17 heavy (non-hydrogen) atoms. The zero-order valence-corrected chi connectivity index (χ0v) is 11.0. The Labute approximate surface area is 108 Å². The molecule has 90 valence electrons. The summed E-state index contributed by atoms with van der Waals surface area (Å²) >= 11 is 7.17. The van der Waals surface area contributed by atoms with Gasteiger partial charge in [0, 0.05) is 10.4 Å². The van der Waals surface area contributed by atoms with Crippen molar-refractivity contribution in [1.29, 1.82) is 0 Å². The van der Waals surface area contributed by atoms with Gasteiger partial charge in [-0.2, -0.15) is 0 Å². The fourth-order valence-corrected chi connectivity index (χ4v) is 3.07. The van der Waals surface area contributed by atoms with Crippen LogP contribution in [-0.4, -0.2) is 13.4 Å². The third kappa shape index (κ3) is 3.26. The Bertz CT molecular complexity index is 597. The molecule has 1 N–H and O–H groups in total. The van der Waals surface area contributed by atoms with Crippen molar-refractivity contribution in [3.8, 4) is 0 Å². The highest BCUT2D eigenvalue weighted by Gasteiger charge is 2.14. The first-order chi connectivity index (χ1) is 8.08. The van der Waals surface area contributed by atoms with Crippen LogP contribution in [0.15, 0.2) is 40.1 Å². The Hall–Kier alpha value is -0.950. The zero-order valence-electron chi connectivity index (χ0n) is 8.63. The van der Waals surface area contributed by atoms with Gasteiger partial charge in [-0.05, 0) is 18.2 Å². The first-order valence-corrected chi connectivity index (χ1v) is 7.50. The van der Waals surface area contributed by atoms with E-state index in [1.54, 1.807) is 23.0 Å². The molecule has 0 spiro atoms. The summed E-state index contributed by atoms with van der Waals surface area (Å²) in [4.78, 5) is 4.15. The summed E-state index contributed by atoms with van der Waals surface area (Å²) in [6.45, 7) is 0.179. The van der Waals surface area contributed by atoms with Gasteiger partial charge in [0.05, 0.1) is 22.6 Å². The molecular formula is C10H9ClN2O2S2. The van der Waals surface area contributed by atoms with Crippen LogP contribution in [0.5, 0.6) is 0 Å². The Morgan fingerprint density at radius 3 is 2.88 bits per heavy atom. The minimum Gasteiger partial charge on any atom is -0.248 e. The standard InChI is InChI=1S/C10H9ClN2O2S2/c11-8-2-1-3-10(4-8)17(14,15)13-5-9-6-16-7-12-9/h1-4,6-7,13H,5H2. The normalized spacial score (nSPS) is 11.6. The summed E-state index contributed by atoms with van der Waals surface area (Å²) in [6, 6.07) is 6.13. The molecule has 1 heterocycles. The van der Waals surface area contributed by atoms with Crippen LogP contribution in [0.4, 0.5) is 0 Å². The van der Waals surface area contributed by atoms with Crippen molar-refractivity contribution in [3.63, 3.8) is 0 Å². The van der Waals surface area contributed by atoms with E-state index in [9.17, 15) is 8.42 Å². The van der Waals surface area contributed by atoms with E-state index in [1.165, 1.54) is 23.5 Å². The molecule has 0 bridgehead atoms. The largest absolute Gasteiger partial charge is 0.248 e. The first kappa shape index (κ1) is 12.5. The van der Waals surface area contributed by atoms with Crippen LogP contribution in [0.2, 0.25) is 5.02 Å². The summed E-state index contributed by atoms with van der Waals surface area (Å²) in [5.74, 6) is 0. The number of hydrogen-bond donors (Lipinski definition) is 1. The van der Waals surface area contributed by atoms with Crippen molar-refractivity contribution >= 4 is 33.0 Å². The maximum atomic E-state index is 11.9. The number of thiazole rings is 1. The van der Waals surface area contributed by atoms with E-state index < -0.39 is 10.0 Å². The van der Waals surface area contributed by atoms with E-state index in [1.807, 2.05) is 0 Å². The van der Waals surface area contributed by atoms with Crippen LogP contribution in [-0.2, 0) is 16.6 Å². The van der Waals surface area contributed by atoms with Crippen molar-refractivity contribution < 1.29 is 8.42 Å². The second-order valence-electron chi connectivity index (χ2n) is 3.26. The van der Waals surface area contributed by atoms with Gasteiger partial charge in [-0.3, -0.25) is 0 Å². The van der Waals surface area contributed by atoms with Crippen LogP contribution in [0, 0.1) is 0 Å². The summed E-state index contributed by atoms with van der Waals surface area (Å²) < 4.78 is 26.2. The molecule has 0 aliphatic rings. The molecule has 1 aromatic heterocycles. The lowest BCUT2D eigenvalue weighted by Gasteiger charge is -2.05. The van der Waals surface area contributed by atoms with Crippen molar-refractivity contribution in [2.75, 3.05) is 0 Å². The third-order valence-electron chi connectivity index (χ3n) is 2.03. The number of aromatic nitrogens is 1. The van der Waals surface area contributed by atoms with Crippen LogP contribution in [0.3, 0.4) is 0 Å². The third-order valence-corrected chi connectivity index (χ3v) is 4.30. The average Bonchev–Trinajstić information content (AvgIpc) is 2.79. The minimum atomic E-state index is -3.53. The summed E-state index contributed by atoms with van der Waals surface area (Å²) in [5, 5.41) is 2.18. The fourth-order valence-electron chi connectivity index (χ4n) is 1.21. The maximum absolute atomic E-state index is 11.9. The summed E-state index contributed by atoms with van der Waals surface area (Å²) in [7, 11) is -3.53. The zero-order chi connectivity index (χ0) is 12.3. The highest BCUT2D eigenvalue weighted by Crippen LogP contribution is 2.15. The molecule has 0 amide bonds. The molecule has 0 aliphatic carbocycles. The SMILES string of the molecule is O=S(=O)(NCc1cscn1)c1cccc(Cl)c1. The Kier molecular flexibility index (Phi) is 3.78. The minimum absolute atomic E-state index is 0.153. The van der Waals surface area contributed by atoms with Gasteiger partial charge in [-0.15, -0.1) is 11.3 Å². The number of halogens is 1. The highest BCUT2D eigenvalue weighted by molar-refractivity contribution is 7.89. The number of nitrogens with one attached hydrogen (secondary N) is 1. The summed E-state index contributed by atoms with van der Waals surface area (Å²) in [6.07, 6.45) is 0. The van der Waals surface area contributed by atoms with Crippen molar-refractivity contribution in [3.05, 3.63) is 45.9 Å². The van der Waals surface area contributed by atoms with E-state index in [4.69, 9.17) is 11.6 Å². The molecule has 7 heteroatoms. The molecule has 2 aromatic rings. The highest BCUT2D eigenvalue weighted by atomic mass is 35.5. The van der Waals surface area contributed by atoms with Gasteiger partial charge in [-0.25, -0.2) is 18.1 Å². The molecule has 1 aromatic carbocycles. The van der Waals surface area contributed by atoms with E-state index in [0.29, 0.717) is 10.7 Å². The molecule has 0 aliphatic heterocycles. The van der Waals surface area contributed by atoms with Crippen molar-refractivity contribution in [1.82, 2.24) is 9.71 Å². The predicted molar refractivity (Wildman–Crippen MR) is 67.6 cm³/mol. The molecular weight excluding hydrogens is 280 g/mol. The van der Waals surface area contributed by atoms with Gasteiger partial charge in [0.2, 0.25) is 10.0 Å². The Morgan fingerprint density at radius 2 is 2.24 bits per heavy atom. The molecule has 0 radical (unpaired) electrons. The van der Waals surface area contributed by atoms with Crippen LogP contribution in [0.1, 0.15) is 5.69 Å². The Morgan fingerprint density at radius 1 is 1.41 bits per heavy atom. The van der Waals surface area contributed by atoms with Crippen LogP contribution < -0.4 is 4.72 Å². The van der Waals surface area contributed by atoms with Gasteiger partial charge in [0.25, 0.3) is 0 Å². The van der Waals surface area contributed by atoms with Gasteiger partial charge >= 0.3 is 0 Å². The van der Waals surface area contributed by atoms with E-state index in [2.05, 4.69) is 9.71 Å². The van der Waals surface area contributed by atoms with Gasteiger partial charge in [0.1, 0.15) is 0 Å². The predicted octanol–water partition coefficient (Wildman–Crippen LogP) is 2.28. The lowest BCUT2D eigenvalue weighted by molar-refractivity contribution is 0.580. The molecule has 0 saturated heterocycles. The van der Waals surface area contributed by atoms with E-state index in [-0.39, 0.29) is 11.4 Å². The van der Waals surface area contributed by atoms with E-state index in [0.717, 1.165) is 0 Å². The molecule has 0 unspecified atom stereocenters. The average molecular weight is 289 g/mol. The fraction of sp³-hybridized carbons (Fsp3) is 0.100. The number of rotatable bonds is 4. The number of benzene rings is 1. The molecule has 0 saturated carbocycles. The molecule has 2 rings (SSSR count). The number of nitrogens with zero attached hydrogens (tertiary/aromatic N) is 1. The second kappa shape index (κ2) is 5.14. The van der Waals surface area contributed by atoms with Crippen LogP contribution in [0.25, 0.3) is 0 Å². The van der Waals surface area contributed by atoms with Gasteiger partial charge in [-0.1, -0.05) is 17.7 Å². The number of sulfonamides is 1.